The van der Waals surface area contributed by atoms with Crippen molar-refractivity contribution < 1.29 is 9.44 Å². The molecule has 0 aromatic heterocycles. The number of nitrogens with zero attached hydrogens (tertiary/aromatic N) is 1. The third-order valence-electron chi connectivity index (χ3n) is 4.57. The molecule has 4 nitrogen and oxygen atoms in total. The topological polar surface area (TPSA) is 52.2 Å². The summed E-state index contributed by atoms with van der Waals surface area (Å²) < 4.78 is -0.215. The maximum Gasteiger partial charge on any atom is 0.221 e. The lowest BCUT2D eigenvalue weighted by atomic mass is 9.95. The van der Waals surface area contributed by atoms with Crippen LogP contribution in [0.15, 0.2) is 22.5 Å². The van der Waals surface area contributed by atoms with E-state index in [0.717, 1.165) is 55.5 Å². The fraction of sp³-hybridized carbons (Fsp3) is 0.643. The first-order valence-electron chi connectivity index (χ1n) is 6.82. The summed E-state index contributed by atoms with van der Waals surface area (Å²) >= 11 is 0. The molecule has 2 unspecified atom stereocenters. The summed E-state index contributed by atoms with van der Waals surface area (Å²) in [5.41, 5.74) is 4.34. The van der Waals surface area contributed by atoms with Gasteiger partial charge in [-0.3, -0.25) is 4.79 Å². The van der Waals surface area contributed by atoms with E-state index in [-0.39, 0.29) is 16.6 Å². The van der Waals surface area contributed by atoms with Gasteiger partial charge in [-0.2, -0.15) is 0 Å². The second-order valence-electron chi connectivity index (χ2n) is 5.76. The SMILES string of the molecule is CC(=O)NC1=C2CCCC2[N+](C)([O-])C2=C1CCC2. The van der Waals surface area contributed by atoms with Gasteiger partial charge in [0.2, 0.25) is 5.91 Å². The monoisotopic (exact) mass is 248 g/mol. The van der Waals surface area contributed by atoms with Crippen LogP contribution >= 0.6 is 0 Å². The fourth-order valence-electron chi connectivity index (χ4n) is 3.86. The third kappa shape index (κ3) is 1.56. The number of quaternary nitrogens is 1. The van der Waals surface area contributed by atoms with Crippen molar-refractivity contribution >= 4 is 5.91 Å². The number of carbonyl (C=O) groups excluding carboxylic acids is 1. The van der Waals surface area contributed by atoms with Gasteiger partial charge in [0.05, 0.1) is 12.7 Å². The Bertz CT molecular complexity index is 474. The second kappa shape index (κ2) is 3.93. The van der Waals surface area contributed by atoms with E-state index in [0.29, 0.717) is 0 Å². The van der Waals surface area contributed by atoms with Crippen LogP contribution in [0.1, 0.15) is 45.4 Å². The average molecular weight is 248 g/mol. The number of carbonyl (C=O) groups is 1. The highest BCUT2D eigenvalue weighted by atomic mass is 16.5. The highest BCUT2D eigenvalue weighted by Crippen LogP contribution is 2.48. The Kier molecular flexibility index (Phi) is 2.61. The smallest absolute Gasteiger partial charge is 0.221 e. The molecule has 1 aliphatic heterocycles. The van der Waals surface area contributed by atoms with Crippen molar-refractivity contribution in [1.29, 1.82) is 0 Å². The van der Waals surface area contributed by atoms with Gasteiger partial charge in [0.25, 0.3) is 0 Å². The number of hydrogen-bond donors (Lipinski definition) is 1. The molecule has 0 saturated heterocycles. The summed E-state index contributed by atoms with van der Waals surface area (Å²) in [5, 5.41) is 15.9. The molecule has 18 heavy (non-hydrogen) atoms. The van der Waals surface area contributed by atoms with Crippen molar-refractivity contribution in [3.8, 4) is 0 Å². The molecule has 0 bridgehead atoms. The van der Waals surface area contributed by atoms with Gasteiger partial charge in [0.15, 0.2) is 0 Å². The number of fused-ring (bicyclic) bond motifs is 1. The normalized spacial score (nSPS) is 34.7. The first-order valence-corrected chi connectivity index (χ1v) is 6.82. The van der Waals surface area contributed by atoms with Gasteiger partial charge in [-0.25, -0.2) is 0 Å². The predicted octanol–water partition coefficient (Wildman–Crippen LogP) is 2.33. The van der Waals surface area contributed by atoms with Crippen molar-refractivity contribution in [3.05, 3.63) is 27.7 Å². The Labute approximate surface area is 108 Å². The molecule has 0 aromatic carbocycles. The van der Waals surface area contributed by atoms with E-state index >= 15 is 0 Å². The largest absolute Gasteiger partial charge is 0.627 e. The van der Waals surface area contributed by atoms with Gasteiger partial charge in [-0.1, -0.05) is 0 Å². The van der Waals surface area contributed by atoms with Gasteiger partial charge in [-0.05, 0) is 25.7 Å². The van der Waals surface area contributed by atoms with Crippen molar-refractivity contribution in [2.45, 2.75) is 51.5 Å². The zero-order chi connectivity index (χ0) is 12.9. The van der Waals surface area contributed by atoms with Crippen LogP contribution in [0.3, 0.4) is 0 Å². The summed E-state index contributed by atoms with van der Waals surface area (Å²) in [5.74, 6) is -0.0242. The number of amides is 1. The number of likely N-dealkylation sites (N-methyl/N-ethyl adjacent to an activating group) is 1. The Morgan fingerprint density at radius 2 is 2.11 bits per heavy atom. The lowest BCUT2D eigenvalue weighted by molar-refractivity contribution is -0.844. The first-order chi connectivity index (χ1) is 8.51. The molecule has 4 heteroatoms. The van der Waals surface area contributed by atoms with Crippen LogP contribution in [0.2, 0.25) is 0 Å². The van der Waals surface area contributed by atoms with E-state index in [4.69, 9.17) is 0 Å². The summed E-state index contributed by atoms with van der Waals surface area (Å²) in [6.45, 7) is 1.55. The molecule has 1 amide bonds. The summed E-state index contributed by atoms with van der Waals surface area (Å²) in [7, 11) is 1.79. The molecule has 1 N–H and O–H groups in total. The average Bonchev–Trinajstić information content (AvgIpc) is 2.93. The fourth-order valence-corrected chi connectivity index (χ4v) is 3.86. The quantitative estimate of drug-likeness (QED) is 0.572. The molecule has 0 radical (unpaired) electrons. The Hall–Kier alpha value is -1.13. The van der Waals surface area contributed by atoms with Gasteiger partial charge >= 0.3 is 0 Å². The molecule has 1 saturated carbocycles. The van der Waals surface area contributed by atoms with Gasteiger partial charge in [0.1, 0.15) is 11.7 Å². The van der Waals surface area contributed by atoms with E-state index in [1.54, 1.807) is 14.0 Å². The molecule has 2 aliphatic carbocycles. The Balaban J connectivity index is 2.11. The van der Waals surface area contributed by atoms with E-state index in [1.165, 1.54) is 5.57 Å². The third-order valence-corrected chi connectivity index (χ3v) is 4.57. The Morgan fingerprint density at radius 3 is 2.83 bits per heavy atom. The molecule has 2 atom stereocenters. The van der Waals surface area contributed by atoms with Gasteiger partial charge < -0.3 is 15.2 Å². The molecular weight excluding hydrogens is 228 g/mol. The van der Waals surface area contributed by atoms with Crippen molar-refractivity contribution in [3.63, 3.8) is 0 Å². The summed E-state index contributed by atoms with van der Waals surface area (Å²) in [6, 6.07) is 0.0451. The standard InChI is InChI=1S/C14H20N2O2/c1-9(17)15-14-10-5-3-7-12(10)16(2,18)13-8-4-6-11(13)14/h12H,3-8H2,1-2H3,(H,15,17). The number of allylic oxidation sites excluding steroid dienone is 2. The summed E-state index contributed by atoms with van der Waals surface area (Å²) in [6.07, 6.45) is 5.87. The van der Waals surface area contributed by atoms with Crippen molar-refractivity contribution in [2.24, 2.45) is 0 Å². The Morgan fingerprint density at radius 1 is 1.33 bits per heavy atom. The van der Waals surface area contributed by atoms with Crippen LogP contribution in [0.25, 0.3) is 0 Å². The van der Waals surface area contributed by atoms with Crippen molar-refractivity contribution in [2.75, 3.05) is 7.05 Å². The maximum atomic E-state index is 12.9. The molecule has 0 spiro atoms. The molecule has 1 heterocycles. The van der Waals surface area contributed by atoms with Crippen LogP contribution in [0.4, 0.5) is 0 Å². The number of rotatable bonds is 1. The lowest BCUT2D eigenvalue weighted by Gasteiger charge is -2.48. The number of nitrogens with one attached hydrogen (secondary N) is 1. The summed E-state index contributed by atoms with van der Waals surface area (Å²) in [4.78, 5) is 11.4. The van der Waals surface area contributed by atoms with Crippen molar-refractivity contribution in [1.82, 2.24) is 5.32 Å². The minimum Gasteiger partial charge on any atom is -0.627 e. The molecule has 3 aliphatic rings. The predicted molar refractivity (Wildman–Crippen MR) is 68.9 cm³/mol. The van der Waals surface area contributed by atoms with Crippen LogP contribution in [0.5, 0.6) is 0 Å². The van der Waals surface area contributed by atoms with Gasteiger partial charge in [0, 0.05) is 30.9 Å². The number of hydrogen-bond acceptors (Lipinski definition) is 2. The molecular formula is C14H20N2O2. The van der Waals surface area contributed by atoms with Crippen LogP contribution in [-0.2, 0) is 4.79 Å². The van der Waals surface area contributed by atoms with E-state index in [2.05, 4.69) is 5.32 Å². The molecule has 0 aromatic rings. The van der Waals surface area contributed by atoms with Crippen LogP contribution in [-0.4, -0.2) is 23.6 Å². The molecule has 1 fully saturated rings. The van der Waals surface area contributed by atoms with Crippen LogP contribution < -0.4 is 5.32 Å². The minimum atomic E-state index is -0.215. The van der Waals surface area contributed by atoms with E-state index < -0.39 is 0 Å². The number of hydroxylamine groups is 3. The highest BCUT2D eigenvalue weighted by Gasteiger charge is 2.45. The highest BCUT2D eigenvalue weighted by molar-refractivity contribution is 5.76. The molecule has 98 valence electrons. The lowest BCUT2D eigenvalue weighted by Crippen LogP contribution is -2.49. The maximum absolute atomic E-state index is 12.9. The van der Waals surface area contributed by atoms with E-state index in [1.807, 2.05) is 0 Å². The second-order valence-corrected chi connectivity index (χ2v) is 5.76. The first kappa shape index (κ1) is 11.9. The molecule has 3 rings (SSSR count). The zero-order valence-corrected chi connectivity index (χ0v) is 11.1. The minimum absolute atomic E-state index is 0.0242. The van der Waals surface area contributed by atoms with Gasteiger partial charge in [-0.15, -0.1) is 0 Å². The van der Waals surface area contributed by atoms with Crippen LogP contribution in [0, 0.1) is 5.21 Å². The zero-order valence-electron chi connectivity index (χ0n) is 11.1. The van der Waals surface area contributed by atoms with E-state index in [9.17, 15) is 10.0 Å².